The van der Waals surface area contributed by atoms with E-state index >= 15 is 4.39 Å². The van der Waals surface area contributed by atoms with Crippen LogP contribution in [0.4, 0.5) is 15.8 Å². The maximum Gasteiger partial charge on any atom is 0.155 e. The van der Waals surface area contributed by atoms with Crippen molar-refractivity contribution >= 4 is 45.6 Å². The highest BCUT2D eigenvalue weighted by molar-refractivity contribution is 5.96. The van der Waals surface area contributed by atoms with Crippen LogP contribution < -0.4 is 10.1 Å². The quantitative estimate of drug-likeness (QED) is 0.315. The molecule has 6 nitrogen and oxygen atoms in total. The number of anilines is 2. The van der Waals surface area contributed by atoms with Gasteiger partial charge in [-0.3, -0.25) is 4.98 Å². The number of nitrogens with one attached hydrogen (secondary N) is 2. The number of fused-ring (bicyclic) bond motifs is 2. The molecule has 2 N–H and O–H groups in total. The summed E-state index contributed by atoms with van der Waals surface area (Å²) in [5, 5.41) is 14.2. The largest absolute Gasteiger partial charge is 0.492 e. The van der Waals surface area contributed by atoms with Gasteiger partial charge in [0.15, 0.2) is 5.82 Å². The van der Waals surface area contributed by atoms with Gasteiger partial charge in [-0.05, 0) is 69.6 Å². The minimum atomic E-state index is -0.319. The van der Waals surface area contributed by atoms with Crippen molar-refractivity contribution in [3.8, 4) is 11.8 Å². The minimum Gasteiger partial charge on any atom is -0.492 e. The molecule has 34 heavy (non-hydrogen) atoms. The first kappa shape index (κ1) is 23.8. The predicted molar refractivity (Wildman–Crippen MR) is 136 cm³/mol. The number of pyridine rings is 1. The number of aromatic nitrogens is 2. The summed E-state index contributed by atoms with van der Waals surface area (Å²) in [6, 6.07) is 12.9. The van der Waals surface area contributed by atoms with Crippen LogP contribution in [0.1, 0.15) is 30.5 Å². The van der Waals surface area contributed by atoms with Gasteiger partial charge in [-0.1, -0.05) is 0 Å². The molecule has 1 aliphatic rings. The SMILES string of the molecule is Cc1cc2c(F)c(Nc3ccnc4cc(OCCCN5CCCC5)c(C#N)cc34)ccc2[nH]1.Cl. The summed E-state index contributed by atoms with van der Waals surface area (Å²) < 4.78 is 21.0. The maximum atomic E-state index is 15.1. The Morgan fingerprint density at radius 3 is 2.76 bits per heavy atom. The van der Waals surface area contributed by atoms with Crippen molar-refractivity contribution in [2.45, 2.75) is 26.2 Å². The van der Waals surface area contributed by atoms with Gasteiger partial charge in [0.05, 0.1) is 23.4 Å². The van der Waals surface area contributed by atoms with E-state index in [2.05, 4.69) is 26.3 Å². The monoisotopic (exact) mass is 479 g/mol. The van der Waals surface area contributed by atoms with Crippen LogP contribution in [0.15, 0.2) is 42.6 Å². The van der Waals surface area contributed by atoms with Gasteiger partial charge in [-0.25, -0.2) is 4.39 Å². The lowest BCUT2D eigenvalue weighted by Gasteiger charge is -2.15. The lowest BCUT2D eigenvalue weighted by molar-refractivity contribution is 0.263. The summed E-state index contributed by atoms with van der Waals surface area (Å²) in [4.78, 5) is 10.0. The second-order valence-corrected chi connectivity index (χ2v) is 8.55. The number of halogens is 2. The second-order valence-electron chi connectivity index (χ2n) is 8.55. The first-order valence-electron chi connectivity index (χ1n) is 11.4. The van der Waals surface area contributed by atoms with Crippen LogP contribution >= 0.6 is 12.4 Å². The minimum absolute atomic E-state index is 0. The summed E-state index contributed by atoms with van der Waals surface area (Å²) >= 11 is 0. The van der Waals surface area contributed by atoms with Crippen LogP contribution in [0.2, 0.25) is 0 Å². The van der Waals surface area contributed by atoms with E-state index in [9.17, 15) is 5.26 Å². The number of likely N-dealkylation sites (tertiary alicyclic amines) is 1. The topological polar surface area (TPSA) is 77.0 Å². The standard InChI is InChI=1S/C26H26FN5O.ClH/c1-17-13-20-21(30-17)5-6-23(26(20)27)31-22-7-8-29-24-15-25(18(16-28)14-19(22)24)33-12-4-11-32-9-2-3-10-32;/h5-8,13-15,30H,2-4,9-12H2,1H3,(H,29,31);1H. The fourth-order valence-electron chi connectivity index (χ4n) is 4.52. The third kappa shape index (κ3) is 4.79. The molecule has 2 aromatic carbocycles. The van der Waals surface area contributed by atoms with E-state index < -0.39 is 0 Å². The van der Waals surface area contributed by atoms with Crippen molar-refractivity contribution in [2.75, 3.05) is 31.6 Å². The fraction of sp³-hybridized carbons (Fsp3) is 0.308. The van der Waals surface area contributed by atoms with Crippen molar-refractivity contribution < 1.29 is 9.13 Å². The Bertz CT molecular complexity index is 1360. The summed E-state index contributed by atoms with van der Waals surface area (Å²) in [5.74, 6) is 0.215. The Kier molecular flexibility index (Phi) is 7.20. The Morgan fingerprint density at radius 1 is 1.15 bits per heavy atom. The fourth-order valence-corrected chi connectivity index (χ4v) is 4.52. The van der Waals surface area contributed by atoms with Crippen molar-refractivity contribution in [3.63, 3.8) is 0 Å². The molecule has 1 fully saturated rings. The van der Waals surface area contributed by atoms with Crippen LogP contribution in [-0.4, -0.2) is 41.1 Å². The van der Waals surface area contributed by atoms with Crippen LogP contribution in [0, 0.1) is 24.1 Å². The molecule has 0 radical (unpaired) electrons. The van der Waals surface area contributed by atoms with E-state index in [1.807, 2.05) is 13.0 Å². The van der Waals surface area contributed by atoms with E-state index in [0.29, 0.717) is 40.2 Å². The number of nitrogens with zero attached hydrogens (tertiary/aromatic N) is 3. The number of hydrogen-bond donors (Lipinski definition) is 2. The number of nitriles is 1. The van der Waals surface area contributed by atoms with E-state index in [1.165, 1.54) is 12.8 Å². The van der Waals surface area contributed by atoms with E-state index in [4.69, 9.17) is 4.74 Å². The number of benzene rings is 2. The van der Waals surface area contributed by atoms with Crippen molar-refractivity contribution in [2.24, 2.45) is 0 Å². The number of ether oxygens (including phenoxy) is 1. The van der Waals surface area contributed by atoms with Crippen molar-refractivity contribution in [1.29, 1.82) is 5.26 Å². The molecule has 0 atom stereocenters. The highest BCUT2D eigenvalue weighted by Crippen LogP contribution is 2.33. The van der Waals surface area contributed by atoms with Gasteiger partial charge in [-0.15, -0.1) is 12.4 Å². The molecule has 0 spiro atoms. The van der Waals surface area contributed by atoms with Crippen LogP contribution in [0.5, 0.6) is 5.75 Å². The van der Waals surface area contributed by atoms with Crippen molar-refractivity contribution in [1.82, 2.24) is 14.9 Å². The first-order valence-corrected chi connectivity index (χ1v) is 11.4. The molecule has 0 bridgehead atoms. The van der Waals surface area contributed by atoms with Gasteiger partial charge in [0.25, 0.3) is 0 Å². The number of aryl methyl sites for hydroxylation is 1. The molecule has 1 saturated heterocycles. The normalized spacial score (nSPS) is 13.7. The summed E-state index contributed by atoms with van der Waals surface area (Å²) in [6.45, 7) is 5.79. The van der Waals surface area contributed by atoms with Gasteiger partial charge < -0.3 is 19.9 Å². The highest BCUT2D eigenvalue weighted by atomic mass is 35.5. The van der Waals surface area contributed by atoms with Gasteiger partial charge in [0.1, 0.15) is 11.8 Å². The zero-order valence-corrected chi connectivity index (χ0v) is 19.8. The zero-order chi connectivity index (χ0) is 22.8. The molecule has 0 aliphatic carbocycles. The van der Waals surface area contributed by atoms with Crippen LogP contribution in [0.25, 0.3) is 21.8 Å². The third-order valence-corrected chi connectivity index (χ3v) is 6.18. The van der Waals surface area contributed by atoms with Gasteiger partial charge in [0.2, 0.25) is 0 Å². The Balaban J connectivity index is 0.00000274. The molecular formula is C26H27ClFN5O. The third-order valence-electron chi connectivity index (χ3n) is 6.18. The summed E-state index contributed by atoms with van der Waals surface area (Å²) in [5.41, 5.74) is 3.84. The van der Waals surface area contributed by atoms with Crippen LogP contribution in [-0.2, 0) is 0 Å². The number of hydrogen-bond acceptors (Lipinski definition) is 5. The molecule has 0 amide bonds. The number of H-pyrrole nitrogens is 1. The Labute approximate surface area is 204 Å². The smallest absolute Gasteiger partial charge is 0.155 e. The molecule has 176 valence electrons. The molecule has 8 heteroatoms. The molecule has 0 unspecified atom stereocenters. The predicted octanol–water partition coefficient (Wildman–Crippen LogP) is 6.07. The molecule has 3 heterocycles. The average Bonchev–Trinajstić information content (AvgIpc) is 3.47. The van der Waals surface area contributed by atoms with E-state index in [0.717, 1.165) is 42.7 Å². The van der Waals surface area contributed by atoms with E-state index in [1.54, 1.807) is 36.5 Å². The second kappa shape index (κ2) is 10.3. The first-order chi connectivity index (χ1) is 16.1. The van der Waals surface area contributed by atoms with E-state index in [-0.39, 0.29) is 18.2 Å². The van der Waals surface area contributed by atoms with Gasteiger partial charge >= 0.3 is 0 Å². The van der Waals surface area contributed by atoms with Gasteiger partial charge in [-0.2, -0.15) is 5.26 Å². The zero-order valence-electron chi connectivity index (χ0n) is 19.0. The average molecular weight is 480 g/mol. The molecule has 0 saturated carbocycles. The molecular weight excluding hydrogens is 453 g/mol. The summed E-state index contributed by atoms with van der Waals surface area (Å²) in [7, 11) is 0. The van der Waals surface area contributed by atoms with Crippen molar-refractivity contribution in [3.05, 3.63) is 59.7 Å². The molecule has 5 rings (SSSR count). The maximum absolute atomic E-state index is 15.1. The number of aromatic amines is 1. The number of rotatable bonds is 7. The lowest BCUT2D eigenvalue weighted by Crippen LogP contribution is -2.22. The summed E-state index contributed by atoms with van der Waals surface area (Å²) in [6.07, 6.45) is 5.13. The van der Waals surface area contributed by atoms with Crippen LogP contribution in [0.3, 0.4) is 0 Å². The van der Waals surface area contributed by atoms with Gasteiger partial charge in [0, 0.05) is 46.5 Å². The highest BCUT2D eigenvalue weighted by Gasteiger charge is 2.14. The molecule has 2 aromatic heterocycles. The molecule has 4 aromatic rings. The Hall–Kier alpha value is -3.34. The molecule has 1 aliphatic heterocycles. The Morgan fingerprint density at radius 2 is 1.97 bits per heavy atom. The lowest BCUT2D eigenvalue weighted by atomic mass is 10.1.